The standard InChI is InChI=1S/C15H13BrFNO3/c1-21-15(20)12-7-11(3-4-13(12)17)18-8-9-6-10(16)2-5-14(9)19/h2-7,18-19H,8H2,1H3. The first-order chi connectivity index (χ1) is 10.0. The molecule has 0 atom stereocenters. The van der Waals surface area contributed by atoms with Gasteiger partial charge >= 0.3 is 5.97 Å². The predicted octanol–water partition coefficient (Wildman–Crippen LogP) is 3.69. The Morgan fingerprint density at radius 1 is 1.33 bits per heavy atom. The minimum Gasteiger partial charge on any atom is -0.508 e. The number of halogens is 2. The van der Waals surface area contributed by atoms with Crippen LogP contribution in [0.3, 0.4) is 0 Å². The van der Waals surface area contributed by atoms with Gasteiger partial charge in [0.15, 0.2) is 0 Å². The Balaban J connectivity index is 2.17. The first-order valence-corrected chi connectivity index (χ1v) is 6.89. The van der Waals surface area contributed by atoms with Gasteiger partial charge in [-0.15, -0.1) is 0 Å². The molecule has 0 aliphatic carbocycles. The molecule has 0 saturated heterocycles. The molecule has 0 aromatic heterocycles. The number of nitrogens with one attached hydrogen (secondary N) is 1. The monoisotopic (exact) mass is 353 g/mol. The van der Waals surface area contributed by atoms with Gasteiger partial charge in [-0.2, -0.15) is 0 Å². The maximum absolute atomic E-state index is 13.5. The summed E-state index contributed by atoms with van der Waals surface area (Å²) in [6.45, 7) is 0.331. The normalized spacial score (nSPS) is 10.2. The van der Waals surface area contributed by atoms with Gasteiger partial charge < -0.3 is 15.2 Å². The number of anilines is 1. The highest BCUT2D eigenvalue weighted by Gasteiger charge is 2.12. The number of methoxy groups -OCH3 is 1. The van der Waals surface area contributed by atoms with Gasteiger partial charge in [-0.1, -0.05) is 15.9 Å². The quantitative estimate of drug-likeness (QED) is 0.823. The van der Waals surface area contributed by atoms with Crippen LogP contribution in [0, 0.1) is 5.82 Å². The van der Waals surface area contributed by atoms with Crippen molar-refractivity contribution in [2.45, 2.75) is 6.54 Å². The van der Waals surface area contributed by atoms with Crippen LogP contribution in [0.4, 0.5) is 10.1 Å². The Hall–Kier alpha value is -2.08. The van der Waals surface area contributed by atoms with Crippen molar-refractivity contribution in [1.82, 2.24) is 0 Å². The van der Waals surface area contributed by atoms with Crippen molar-refractivity contribution in [1.29, 1.82) is 0 Å². The summed E-state index contributed by atoms with van der Waals surface area (Å²) in [4.78, 5) is 11.4. The van der Waals surface area contributed by atoms with Crippen molar-refractivity contribution in [2.75, 3.05) is 12.4 Å². The molecule has 0 unspecified atom stereocenters. The fourth-order valence-electron chi connectivity index (χ4n) is 1.79. The number of esters is 1. The lowest BCUT2D eigenvalue weighted by Gasteiger charge is -2.10. The van der Waals surface area contributed by atoms with E-state index in [2.05, 4.69) is 26.0 Å². The van der Waals surface area contributed by atoms with Crippen molar-refractivity contribution in [3.05, 3.63) is 57.8 Å². The van der Waals surface area contributed by atoms with E-state index in [0.717, 1.165) is 4.47 Å². The van der Waals surface area contributed by atoms with Gasteiger partial charge in [-0.3, -0.25) is 0 Å². The van der Waals surface area contributed by atoms with Crippen LogP contribution in [0.15, 0.2) is 40.9 Å². The second kappa shape index (κ2) is 6.58. The second-order valence-corrected chi connectivity index (χ2v) is 5.23. The van der Waals surface area contributed by atoms with Gasteiger partial charge in [0.1, 0.15) is 11.6 Å². The molecule has 4 nitrogen and oxygen atoms in total. The Bertz CT molecular complexity index is 676. The molecule has 0 saturated carbocycles. The minimum atomic E-state index is -0.735. The number of aromatic hydroxyl groups is 1. The lowest BCUT2D eigenvalue weighted by molar-refractivity contribution is 0.0595. The average molecular weight is 354 g/mol. The lowest BCUT2D eigenvalue weighted by Crippen LogP contribution is -2.06. The minimum absolute atomic E-state index is 0.138. The highest BCUT2D eigenvalue weighted by Crippen LogP contribution is 2.23. The number of phenolic OH excluding ortho intramolecular Hbond substituents is 1. The van der Waals surface area contributed by atoms with Crippen LogP contribution >= 0.6 is 15.9 Å². The average Bonchev–Trinajstić information content (AvgIpc) is 2.48. The molecule has 0 heterocycles. The van der Waals surface area contributed by atoms with Crippen LogP contribution in [0.2, 0.25) is 0 Å². The van der Waals surface area contributed by atoms with Crippen LogP contribution in [0.5, 0.6) is 5.75 Å². The number of carbonyl (C=O) groups excluding carboxylic acids is 1. The van der Waals surface area contributed by atoms with E-state index >= 15 is 0 Å². The van der Waals surface area contributed by atoms with Crippen molar-refractivity contribution in [2.24, 2.45) is 0 Å². The number of benzene rings is 2. The number of phenols is 1. The third kappa shape index (κ3) is 3.72. The van der Waals surface area contributed by atoms with E-state index in [0.29, 0.717) is 17.8 Å². The van der Waals surface area contributed by atoms with Gasteiger partial charge in [0.25, 0.3) is 0 Å². The molecule has 0 bridgehead atoms. The van der Waals surface area contributed by atoms with Gasteiger partial charge in [0, 0.05) is 22.3 Å². The molecule has 6 heteroatoms. The van der Waals surface area contributed by atoms with Crippen LogP contribution < -0.4 is 5.32 Å². The molecular weight excluding hydrogens is 341 g/mol. The van der Waals surface area contributed by atoms with Crippen LogP contribution in [-0.2, 0) is 11.3 Å². The number of rotatable bonds is 4. The summed E-state index contributed by atoms with van der Waals surface area (Å²) in [5.74, 6) is -1.22. The Labute approximate surface area is 129 Å². The van der Waals surface area contributed by atoms with Gasteiger partial charge in [0.05, 0.1) is 12.7 Å². The molecule has 0 radical (unpaired) electrons. The molecule has 2 N–H and O–H groups in total. The zero-order chi connectivity index (χ0) is 15.4. The third-order valence-electron chi connectivity index (χ3n) is 2.90. The van der Waals surface area contributed by atoms with Gasteiger partial charge in [-0.25, -0.2) is 9.18 Å². The highest BCUT2D eigenvalue weighted by molar-refractivity contribution is 9.10. The maximum Gasteiger partial charge on any atom is 0.340 e. The van der Waals surface area contributed by atoms with Crippen molar-refractivity contribution >= 4 is 27.6 Å². The molecule has 0 fully saturated rings. The first kappa shape index (κ1) is 15.3. The number of hydrogen-bond donors (Lipinski definition) is 2. The molecule has 21 heavy (non-hydrogen) atoms. The van der Waals surface area contributed by atoms with E-state index in [1.165, 1.54) is 25.3 Å². The molecule has 110 valence electrons. The van der Waals surface area contributed by atoms with Crippen LogP contribution in [0.1, 0.15) is 15.9 Å². The summed E-state index contributed by atoms with van der Waals surface area (Å²) in [5, 5.41) is 12.8. The van der Waals surface area contributed by atoms with E-state index in [4.69, 9.17) is 0 Å². The smallest absolute Gasteiger partial charge is 0.340 e. The summed E-state index contributed by atoms with van der Waals surface area (Å²) in [7, 11) is 1.20. The summed E-state index contributed by atoms with van der Waals surface area (Å²) >= 11 is 3.32. The van der Waals surface area contributed by atoms with Crippen molar-refractivity contribution in [3.63, 3.8) is 0 Å². The van der Waals surface area contributed by atoms with E-state index in [9.17, 15) is 14.3 Å². The van der Waals surface area contributed by atoms with E-state index in [1.807, 2.05) is 0 Å². The summed E-state index contributed by atoms with van der Waals surface area (Å²) in [6, 6.07) is 9.15. The Kier molecular flexibility index (Phi) is 4.80. The zero-order valence-corrected chi connectivity index (χ0v) is 12.8. The van der Waals surface area contributed by atoms with Crippen LogP contribution in [0.25, 0.3) is 0 Å². The van der Waals surface area contributed by atoms with Crippen molar-refractivity contribution < 1.29 is 19.0 Å². The zero-order valence-electron chi connectivity index (χ0n) is 11.2. The molecule has 2 rings (SSSR count). The molecular formula is C15H13BrFNO3. The summed E-state index contributed by atoms with van der Waals surface area (Å²) in [6.07, 6.45) is 0. The van der Waals surface area contributed by atoms with Crippen LogP contribution in [-0.4, -0.2) is 18.2 Å². The predicted molar refractivity (Wildman–Crippen MR) is 80.9 cm³/mol. The molecule has 0 amide bonds. The SMILES string of the molecule is COC(=O)c1cc(NCc2cc(Br)ccc2O)ccc1F. The number of ether oxygens (including phenoxy) is 1. The Morgan fingerprint density at radius 2 is 2.10 bits per heavy atom. The molecule has 0 spiro atoms. The third-order valence-corrected chi connectivity index (χ3v) is 3.39. The first-order valence-electron chi connectivity index (χ1n) is 6.10. The highest BCUT2D eigenvalue weighted by atomic mass is 79.9. The van der Waals surface area contributed by atoms with E-state index in [-0.39, 0.29) is 11.3 Å². The van der Waals surface area contributed by atoms with E-state index < -0.39 is 11.8 Å². The van der Waals surface area contributed by atoms with Gasteiger partial charge in [0.2, 0.25) is 0 Å². The van der Waals surface area contributed by atoms with Crippen molar-refractivity contribution in [3.8, 4) is 5.75 Å². The Morgan fingerprint density at radius 3 is 2.81 bits per heavy atom. The van der Waals surface area contributed by atoms with E-state index in [1.54, 1.807) is 18.2 Å². The second-order valence-electron chi connectivity index (χ2n) is 4.31. The topological polar surface area (TPSA) is 58.6 Å². The van der Waals surface area contributed by atoms with Gasteiger partial charge in [-0.05, 0) is 36.4 Å². The molecule has 0 aliphatic rings. The maximum atomic E-state index is 13.5. The summed E-state index contributed by atoms with van der Waals surface area (Å²) < 4.78 is 18.9. The lowest BCUT2D eigenvalue weighted by atomic mass is 10.1. The molecule has 2 aromatic rings. The molecule has 0 aliphatic heterocycles. The molecule has 2 aromatic carbocycles. The summed E-state index contributed by atoms with van der Waals surface area (Å²) in [5.41, 5.74) is 1.09. The number of hydrogen-bond acceptors (Lipinski definition) is 4. The largest absolute Gasteiger partial charge is 0.508 e. The fraction of sp³-hybridized carbons (Fsp3) is 0.133. The number of carbonyl (C=O) groups is 1. The fourth-order valence-corrected chi connectivity index (χ4v) is 2.20.